The van der Waals surface area contributed by atoms with Gasteiger partial charge in [-0.1, -0.05) is 84.3 Å². The van der Waals surface area contributed by atoms with E-state index >= 15 is 0 Å². The molecule has 0 saturated heterocycles. The fourth-order valence-electron chi connectivity index (χ4n) is 10.3. The van der Waals surface area contributed by atoms with Crippen molar-refractivity contribution in [1.29, 1.82) is 0 Å². The van der Waals surface area contributed by atoms with Gasteiger partial charge >= 0.3 is 0 Å². The Hall–Kier alpha value is -6.01. The van der Waals surface area contributed by atoms with E-state index in [4.69, 9.17) is 9.73 Å². The second-order valence-electron chi connectivity index (χ2n) is 13.8. The summed E-state index contributed by atoms with van der Waals surface area (Å²) in [6.07, 6.45) is 0. The molecule has 4 aliphatic rings. The van der Waals surface area contributed by atoms with Crippen LogP contribution in [0.2, 0.25) is 0 Å². The predicted octanol–water partition coefficient (Wildman–Crippen LogP) is 7.35. The van der Waals surface area contributed by atoms with Crippen LogP contribution in [0.5, 0.6) is 11.5 Å². The number of nitrogens with zero attached hydrogens (tertiary/aromatic N) is 4. The number of aromatic nitrogens is 3. The minimum atomic E-state index is 0.0346. The summed E-state index contributed by atoms with van der Waals surface area (Å²) in [4.78, 5) is 5.47. The van der Waals surface area contributed by atoms with E-state index in [0.717, 1.165) is 33.8 Å². The van der Waals surface area contributed by atoms with Gasteiger partial charge in [0.1, 0.15) is 11.2 Å². The first-order chi connectivity index (χ1) is 23.3. The Morgan fingerprint density at radius 1 is 0.638 bits per heavy atom. The molecule has 0 aliphatic carbocycles. The molecular formula is C41H21BN4O. The van der Waals surface area contributed by atoms with Gasteiger partial charge in [-0.25, -0.2) is 0 Å². The lowest BCUT2D eigenvalue weighted by Crippen LogP contribution is -2.61. The van der Waals surface area contributed by atoms with E-state index in [1.54, 1.807) is 0 Å². The number of fused-ring (bicyclic) bond motifs is 14. The van der Waals surface area contributed by atoms with Crippen molar-refractivity contribution in [1.82, 2.24) is 13.4 Å². The second-order valence-corrected chi connectivity index (χ2v) is 13.8. The van der Waals surface area contributed by atoms with Gasteiger partial charge in [-0.05, 0) is 53.1 Å². The van der Waals surface area contributed by atoms with E-state index in [1.165, 1.54) is 87.8 Å². The van der Waals surface area contributed by atoms with E-state index in [1.807, 2.05) is 0 Å². The fraction of sp³-hybridized carbons (Fsp3) is 0.0488. The standard InChI is InChI=1S/C41H21BN4O/c1-19-20-10-7-14-25-30(20)35(43-19)32-34-38(31-24-13-6-11-21-22-12-8-18-29-37(22)46(36(21)24)39(31)40(32)47-29)45-28-17-5-4-16-27(28)44-26-15-3-2-9-23(26)33(41(44)45)42(25)34/h2-19H,1H3. The van der Waals surface area contributed by atoms with Crippen LogP contribution < -0.4 is 21.1 Å². The highest BCUT2D eigenvalue weighted by atomic mass is 16.5. The van der Waals surface area contributed by atoms with Gasteiger partial charge in [0.25, 0.3) is 6.71 Å². The highest BCUT2D eigenvalue weighted by Crippen LogP contribution is 2.53. The minimum Gasteiger partial charge on any atom is -0.452 e. The quantitative estimate of drug-likeness (QED) is 0.169. The molecule has 1 atom stereocenters. The lowest BCUT2D eigenvalue weighted by Gasteiger charge is -2.35. The molecule has 0 saturated carbocycles. The Morgan fingerprint density at radius 3 is 2.30 bits per heavy atom. The van der Waals surface area contributed by atoms with Crippen molar-refractivity contribution < 1.29 is 4.74 Å². The summed E-state index contributed by atoms with van der Waals surface area (Å²) in [5.41, 5.74) is 18.8. The molecule has 1 unspecified atom stereocenters. The van der Waals surface area contributed by atoms with Gasteiger partial charge in [0.05, 0.1) is 45.0 Å². The van der Waals surface area contributed by atoms with Gasteiger partial charge in [-0.3, -0.25) is 14.0 Å². The van der Waals surface area contributed by atoms with Crippen molar-refractivity contribution in [2.24, 2.45) is 4.99 Å². The average Bonchev–Trinajstić information content (AvgIpc) is 3.90. The van der Waals surface area contributed by atoms with E-state index < -0.39 is 0 Å². The van der Waals surface area contributed by atoms with Crippen LogP contribution in [0.1, 0.15) is 29.7 Å². The van der Waals surface area contributed by atoms with Crippen LogP contribution in [0.3, 0.4) is 0 Å². The zero-order valence-corrected chi connectivity index (χ0v) is 25.2. The zero-order chi connectivity index (χ0) is 30.0. The van der Waals surface area contributed by atoms with E-state index in [2.05, 4.69) is 123 Å². The van der Waals surface area contributed by atoms with Crippen LogP contribution in [-0.2, 0) is 0 Å². The molecule has 214 valence electrons. The molecule has 5 nitrogen and oxygen atoms in total. The van der Waals surface area contributed by atoms with Crippen molar-refractivity contribution in [2.45, 2.75) is 13.0 Å². The molecule has 6 aromatic carbocycles. The maximum atomic E-state index is 7.20. The maximum absolute atomic E-state index is 7.20. The first-order valence-corrected chi connectivity index (χ1v) is 16.5. The molecule has 8 heterocycles. The van der Waals surface area contributed by atoms with Crippen LogP contribution >= 0.6 is 0 Å². The summed E-state index contributed by atoms with van der Waals surface area (Å²) in [6, 6.07) is 38.3. The Morgan fingerprint density at radius 2 is 1.38 bits per heavy atom. The summed E-state index contributed by atoms with van der Waals surface area (Å²) >= 11 is 0. The highest BCUT2D eigenvalue weighted by Gasteiger charge is 2.49. The van der Waals surface area contributed by atoms with Crippen LogP contribution in [-0.4, -0.2) is 25.8 Å². The first kappa shape index (κ1) is 22.5. The molecular weight excluding hydrogens is 575 g/mol. The van der Waals surface area contributed by atoms with Crippen molar-refractivity contribution in [3.8, 4) is 17.2 Å². The van der Waals surface area contributed by atoms with Crippen LogP contribution in [0.15, 0.2) is 108 Å². The molecule has 0 radical (unpaired) electrons. The number of para-hydroxylation sites is 5. The Labute approximate surface area is 266 Å². The van der Waals surface area contributed by atoms with Crippen LogP contribution in [0.4, 0.5) is 0 Å². The number of ether oxygens (including phenoxy) is 1. The third kappa shape index (κ3) is 2.10. The number of aliphatic imine (C=N–C) groups is 1. The summed E-state index contributed by atoms with van der Waals surface area (Å²) in [6.45, 7) is 2.27. The van der Waals surface area contributed by atoms with E-state index in [9.17, 15) is 0 Å². The van der Waals surface area contributed by atoms with Crippen LogP contribution in [0.25, 0.3) is 71.4 Å². The molecule has 0 amide bonds. The summed E-state index contributed by atoms with van der Waals surface area (Å²) < 4.78 is 14.8. The number of imidazole rings is 1. The molecule has 0 spiro atoms. The summed E-state index contributed by atoms with van der Waals surface area (Å²) in [5, 5.41) is 6.38. The molecule has 10 aromatic rings. The lowest BCUT2D eigenvalue weighted by molar-refractivity contribution is 0.486. The van der Waals surface area contributed by atoms with Gasteiger partial charge in [0, 0.05) is 32.7 Å². The highest BCUT2D eigenvalue weighted by molar-refractivity contribution is 7.01. The smallest absolute Gasteiger partial charge is 0.251 e. The van der Waals surface area contributed by atoms with Crippen molar-refractivity contribution in [2.75, 3.05) is 0 Å². The SMILES string of the molecule is CC1N=C2c3c(cccc31)B1c3c2c2c4c(c3-n3c5ccccc5n5c6ccccc6c1c35)c1cccc3c5cccc(c5n4c31)O2. The third-order valence-electron chi connectivity index (χ3n) is 11.9. The summed E-state index contributed by atoms with van der Waals surface area (Å²) in [7, 11) is 0. The molecule has 14 rings (SSSR count). The molecule has 47 heavy (non-hydrogen) atoms. The molecule has 4 aromatic heterocycles. The normalized spacial score (nSPS) is 16.7. The van der Waals surface area contributed by atoms with Crippen molar-refractivity contribution in [3.05, 3.63) is 120 Å². The van der Waals surface area contributed by atoms with Gasteiger partial charge in [-0.2, -0.15) is 0 Å². The zero-order valence-electron chi connectivity index (χ0n) is 25.2. The Kier molecular flexibility index (Phi) is 3.29. The molecule has 0 N–H and O–H groups in total. The first-order valence-electron chi connectivity index (χ1n) is 16.5. The Balaban J connectivity index is 1.36. The monoisotopic (exact) mass is 596 g/mol. The number of benzene rings is 6. The topological polar surface area (TPSA) is 35.3 Å². The second kappa shape index (κ2) is 6.88. The van der Waals surface area contributed by atoms with E-state index in [0.29, 0.717) is 0 Å². The Bertz CT molecular complexity index is 3250. The number of rotatable bonds is 0. The van der Waals surface area contributed by atoms with Gasteiger partial charge in [-0.15, -0.1) is 0 Å². The minimum absolute atomic E-state index is 0.0346. The molecule has 0 fully saturated rings. The van der Waals surface area contributed by atoms with Gasteiger partial charge in [0.2, 0.25) is 0 Å². The third-order valence-corrected chi connectivity index (χ3v) is 11.9. The molecule has 4 aliphatic heterocycles. The van der Waals surface area contributed by atoms with Gasteiger partial charge < -0.3 is 9.14 Å². The number of hydrogen-bond donors (Lipinski definition) is 0. The largest absolute Gasteiger partial charge is 0.452 e. The van der Waals surface area contributed by atoms with E-state index in [-0.39, 0.29) is 12.8 Å². The van der Waals surface area contributed by atoms with Crippen molar-refractivity contribution in [3.63, 3.8) is 0 Å². The van der Waals surface area contributed by atoms with Gasteiger partial charge in [0.15, 0.2) is 11.5 Å². The summed E-state index contributed by atoms with van der Waals surface area (Å²) in [5.74, 6) is 1.87. The predicted molar refractivity (Wildman–Crippen MR) is 192 cm³/mol. The fourth-order valence-corrected chi connectivity index (χ4v) is 10.3. The molecule has 6 heteroatoms. The maximum Gasteiger partial charge on any atom is 0.251 e. The number of hydrogen-bond acceptors (Lipinski definition) is 2. The average molecular weight is 596 g/mol. The van der Waals surface area contributed by atoms with Crippen molar-refractivity contribution >= 4 is 94.5 Å². The lowest BCUT2D eigenvalue weighted by atomic mass is 9.32. The van der Waals surface area contributed by atoms with Crippen LogP contribution in [0, 0.1) is 0 Å². The molecule has 0 bridgehead atoms.